The minimum Gasteiger partial charge on any atom is -0.356 e. The molecule has 134 valence electrons. The third-order valence-corrected chi connectivity index (χ3v) is 4.93. The number of anilines is 1. The summed E-state index contributed by atoms with van der Waals surface area (Å²) in [4.78, 5) is 0. The Hall–Kier alpha value is -1.87. The average molecular weight is 355 g/mol. The second kappa shape index (κ2) is 9.00. The van der Waals surface area contributed by atoms with Crippen molar-refractivity contribution in [3.63, 3.8) is 0 Å². The lowest BCUT2D eigenvalue weighted by Crippen LogP contribution is -2.32. The predicted molar refractivity (Wildman–Crippen MR) is 113 cm³/mol. The number of benzene rings is 2. The Morgan fingerprint density at radius 3 is 2.00 bits per heavy atom. The minimum atomic E-state index is 0.219. The SMILES string of the molecule is CCC(C)c1ccc(C(CC)NC(=S)Nc2cc(C)cc(C)c2)cc1. The van der Waals surface area contributed by atoms with Crippen LogP contribution in [0.25, 0.3) is 0 Å². The van der Waals surface area contributed by atoms with Gasteiger partial charge in [-0.05, 0) is 79.2 Å². The lowest BCUT2D eigenvalue weighted by molar-refractivity contribution is 0.628. The highest BCUT2D eigenvalue weighted by molar-refractivity contribution is 7.80. The summed E-state index contributed by atoms with van der Waals surface area (Å²) in [6, 6.07) is 15.5. The third-order valence-electron chi connectivity index (χ3n) is 4.71. The molecule has 0 bridgehead atoms. The molecule has 2 N–H and O–H groups in total. The van der Waals surface area contributed by atoms with E-state index in [1.165, 1.54) is 28.7 Å². The molecule has 2 nitrogen and oxygen atoms in total. The molecular formula is C22H30N2S. The molecular weight excluding hydrogens is 324 g/mol. The van der Waals surface area contributed by atoms with Crippen molar-refractivity contribution < 1.29 is 0 Å². The maximum atomic E-state index is 5.53. The zero-order chi connectivity index (χ0) is 18.4. The van der Waals surface area contributed by atoms with Gasteiger partial charge in [0.1, 0.15) is 0 Å². The largest absolute Gasteiger partial charge is 0.356 e. The van der Waals surface area contributed by atoms with Crippen LogP contribution in [0.5, 0.6) is 0 Å². The molecule has 0 spiro atoms. The van der Waals surface area contributed by atoms with Gasteiger partial charge in [0.15, 0.2) is 5.11 Å². The van der Waals surface area contributed by atoms with Crippen molar-refractivity contribution in [1.82, 2.24) is 5.32 Å². The number of nitrogens with one attached hydrogen (secondary N) is 2. The maximum Gasteiger partial charge on any atom is 0.171 e. The topological polar surface area (TPSA) is 24.1 Å². The molecule has 0 heterocycles. The van der Waals surface area contributed by atoms with Gasteiger partial charge in [0.25, 0.3) is 0 Å². The van der Waals surface area contributed by atoms with E-state index in [0.29, 0.717) is 11.0 Å². The van der Waals surface area contributed by atoms with E-state index in [9.17, 15) is 0 Å². The maximum absolute atomic E-state index is 5.53. The molecule has 2 unspecified atom stereocenters. The number of rotatable bonds is 6. The minimum absolute atomic E-state index is 0.219. The number of hydrogen-bond donors (Lipinski definition) is 2. The van der Waals surface area contributed by atoms with E-state index in [-0.39, 0.29) is 6.04 Å². The molecule has 0 saturated heterocycles. The van der Waals surface area contributed by atoms with Crippen LogP contribution < -0.4 is 10.6 Å². The number of aryl methyl sites for hydroxylation is 2. The molecule has 0 aliphatic heterocycles. The summed E-state index contributed by atoms with van der Waals surface area (Å²) in [6.45, 7) is 10.9. The van der Waals surface area contributed by atoms with E-state index in [1.54, 1.807) is 0 Å². The highest BCUT2D eigenvalue weighted by Gasteiger charge is 2.12. The Morgan fingerprint density at radius 1 is 0.920 bits per heavy atom. The van der Waals surface area contributed by atoms with Crippen molar-refractivity contribution in [3.8, 4) is 0 Å². The first-order valence-electron chi connectivity index (χ1n) is 9.18. The van der Waals surface area contributed by atoms with E-state index in [1.807, 2.05) is 0 Å². The van der Waals surface area contributed by atoms with Crippen LogP contribution >= 0.6 is 12.2 Å². The van der Waals surface area contributed by atoms with Crippen molar-refractivity contribution in [2.24, 2.45) is 0 Å². The van der Waals surface area contributed by atoms with Crippen LogP contribution in [0.15, 0.2) is 42.5 Å². The van der Waals surface area contributed by atoms with Gasteiger partial charge in [0.05, 0.1) is 6.04 Å². The van der Waals surface area contributed by atoms with Crippen molar-refractivity contribution in [2.75, 3.05) is 5.32 Å². The number of hydrogen-bond acceptors (Lipinski definition) is 1. The fourth-order valence-electron chi connectivity index (χ4n) is 3.09. The first kappa shape index (κ1) is 19.5. The van der Waals surface area contributed by atoms with Crippen molar-refractivity contribution in [1.29, 1.82) is 0 Å². The fraction of sp³-hybridized carbons (Fsp3) is 0.409. The van der Waals surface area contributed by atoms with Gasteiger partial charge >= 0.3 is 0 Å². The van der Waals surface area contributed by atoms with E-state index < -0.39 is 0 Å². The standard InChI is InChI=1S/C22H30N2S/c1-6-17(5)18-8-10-19(11-9-18)21(7-2)24-22(25)23-20-13-15(3)12-16(4)14-20/h8-14,17,21H,6-7H2,1-5H3,(H2,23,24,25). The Balaban J connectivity index is 2.04. The molecule has 25 heavy (non-hydrogen) atoms. The quantitative estimate of drug-likeness (QED) is 0.599. The van der Waals surface area contributed by atoms with Gasteiger partial charge in [-0.25, -0.2) is 0 Å². The van der Waals surface area contributed by atoms with Crippen molar-refractivity contribution in [2.45, 2.75) is 59.4 Å². The van der Waals surface area contributed by atoms with Crippen LogP contribution in [0, 0.1) is 13.8 Å². The molecule has 2 atom stereocenters. The average Bonchev–Trinajstić information content (AvgIpc) is 2.58. The summed E-state index contributed by atoms with van der Waals surface area (Å²) in [5.74, 6) is 0.606. The monoisotopic (exact) mass is 354 g/mol. The van der Waals surface area contributed by atoms with E-state index in [0.717, 1.165) is 12.1 Å². The lowest BCUT2D eigenvalue weighted by atomic mass is 9.95. The van der Waals surface area contributed by atoms with E-state index >= 15 is 0 Å². The van der Waals surface area contributed by atoms with Crippen LogP contribution in [-0.2, 0) is 0 Å². The fourth-order valence-corrected chi connectivity index (χ4v) is 3.35. The van der Waals surface area contributed by atoms with Gasteiger partial charge in [-0.2, -0.15) is 0 Å². The summed E-state index contributed by atoms with van der Waals surface area (Å²) >= 11 is 5.53. The molecule has 0 aromatic heterocycles. The highest BCUT2D eigenvalue weighted by Crippen LogP contribution is 2.23. The normalized spacial score (nSPS) is 13.2. The number of thiocarbonyl (C=S) groups is 1. The molecule has 0 saturated carbocycles. The van der Waals surface area contributed by atoms with Gasteiger partial charge in [-0.15, -0.1) is 0 Å². The summed E-state index contributed by atoms with van der Waals surface area (Å²) < 4.78 is 0. The van der Waals surface area contributed by atoms with Crippen LogP contribution in [0.1, 0.15) is 67.8 Å². The van der Waals surface area contributed by atoms with E-state index in [2.05, 4.69) is 87.7 Å². The lowest BCUT2D eigenvalue weighted by Gasteiger charge is -2.21. The van der Waals surface area contributed by atoms with Crippen LogP contribution in [0.3, 0.4) is 0 Å². The van der Waals surface area contributed by atoms with Gasteiger partial charge in [-0.1, -0.05) is 51.1 Å². The Bertz CT molecular complexity index is 686. The smallest absolute Gasteiger partial charge is 0.171 e. The van der Waals surface area contributed by atoms with E-state index in [4.69, 9.17) is 12.2 Å². The molecule has 0 aliphatic rings. The molecule has 3 heteroatoms. The summed E-state index contributed by atoms with van der Waals surface area (Å²) in [5, 5.41) is 7.44. The van der Waals surface area contributed by atoms with Crippen molar-refractivity contribution >= 4 is 23.0 Å². The molecule has 2 aromatic carbocycles. The Morgan fingerprint density at radius 2 is 1.48 bits per heavy atom. The molecule has 0 amide bonds. The van der Waals surface area contributed by atoms with Crippen molar-refractivity contribution in [3.05, 3.63) is 64.7 Å². The predicted octanol–water partition coefficient (Wildman–Crippen LogP) is 6.25. The van der Waals surface area contributed by atoms with Gasteiger partial charge in [0, 0.05) is 5.69 Å². The second-order valence-electron chi connectivity index (χ2n) is 6.91. The zero-order valence-corrected chi connectivity index (χ0v) is 16.8. The van der Waals surface area contributed by atoms with Crippen LogP contribution in [-0.4, -0.2) is 5.11 Å². The van der Waals surface area contributed by atoms with Crippen LogP contribution in [0.4, 0.5) is 5.69 Å². The summed E-state index contributed by atoms with van der Waals surface area (Å²) in [5.41, 5.74) is 6.18. The summed E-state index contributed by atoms with van der Waals surface area (Å²) in [7, 11) is 0. The van der Waals surface area contributed by atoms with Crippen LogP contribution in [0.2, 0.25) is 0 Å². The van der Waals surface area contributed by atoms with Gasteiger partial charge < -0.3 is 10.6 Å². The Labute approximate surface area is 158 Å². The first-order chi connectivity index (χ1) is 11.9. The second-order valence-corrected chi connectivity index (χ2v) is 7.32. The first-order valence-corrected chi connectivity index (χ1v) is 9.59. The molecule has 2 rings (SSSR count). The molecule has 0 aliphatic carbocycles. The molecule has 0 fully saturated rings. The Kier molecular flexibility index (Phi) is 7.01. The molecule has 0 radical (unpaired) electrons. The zero-order valence-electron chi connectivity index (χ0n) is 16.0. The highest BCUT2D eigenvalue weighted by atomic mass is 32.1. The third kappa shape index (κ3) is 5.57. The van der Waals surface area contributed by atoms with Gasteiger partial charge in [0.2, 0.25) is 0 Å². The summed E-state index contributed by atoms with van der Waals surface area (Å²) in [6.07, 6.45) is 2.15. The molecule has 2 aromatic rings. The van der Waals surface area contributed by atoms with Gasteiger partial charge in [-0.3, -0.25) is 0 Å².